The second-order valence-electron chi connectivity index (χ2n) is 4.50. The molecule has 0 spiro atoms. The van der Waals surface area contributed by atoms with Crippen LogP contribution in [-0.4, -0.2) is 11.7 Å². The van der Waals surface area contributed by atoms with E-state index in [1.807, 2.05) is 30.3 Å². The first-order chi connectivity index (χ1) is 8.49. The van der Waals surface area contributed by atoms with Crippen molar-refractivity contribution in [2.24, 2.45) is 5.41 Å². The van der Waals surface area contributed by atoms with Crippen LogP contribution in [0.5, 0.6) is 0 Å². The van der Waals surface area contributed by atoms with Gasteiger partial charge >= 0.3 is 0 Å². The highest BCUT2D eigenvalue weighted by atomic mass is 32.2. The van der Waals surface area contributed by atoms with Gasteiger partial charge in [-0.25, -0.2) is 0 Å². The standard InChI is InChI=1S/C14H18N2OS/c1-4-18-12-7-5-11(6-8-12)9-16-13(17)14(2,3)10-15/h5-8H,4,9H2,1-3H3,(H,16,17). The molecular formula is C14H18N2OS. The number of rotatable bonds is 5. The maximum atomic E-state index is 11.7. The Kier molecular flexibility index (Phi) is 5.24. The van der Waals surface area contributed by atoms with Crippen molar-refractivity contribution in [1.29, 1.82) is 5.26 Å². The zero-order valence-electron chi connectivity index (χ0n) is 11.0. The third-order valence-corrected chi connectivity index (χ3v) is 3.43. The summed E-state index contributed by atoms with van der Waals surface area (Å²) in [6.45, 7) is 5.80. The normalized spacial score (nSPS) is 10.8. The van der Waals surface area contributed by atoms with E-state index in [1.54, 1.807) is 25.6 Å². The molecule has 1 aromatic carbocycles. The fraction of sp³-hybridized carbons (Fsp3) is 0.429. The summed E-state index contributed by atoms with van der Waals surface area (Å²) in [5.74, 6) is 0.809. The lowest BCUT2D eigenvalue weighted by atomic mass is 9.95. The molecule has 4 heteroatoms. The molecule has 3 nitrogen and oxygen atoms in total. The van der Waals surface area contributed by atoms with E-state index < -0.39 is 5.41 Å². The van der Waals surface area contributed by atoms with E-state index in [-0.39, 0.29) is 5.91 Å². The van der Waals surface area contributed by atoms with Crippen LogP contribution in [0.3, 0.4) is 0 Å². The largest absolute Gasteiger partial charge is 0.351 e. The molecule has 0 saturated heterocycles. The smallest absolute Gasteiger partial charge is 0.240 e. The lowest BCUT2D eigenvalue weighted by Crippen LogP contribution is -2.35. The highest BCUT2D eigenvalue weighted by molar-refractivity contribution is 7.99. The number of amides is 1. The molecule has 0 aliphatic heterocycles. The van der Waals surface area contributed by atoms with Crippen LogP contribution < -0.4 is 5.32 Å². The molecule has 96 valence electrons. The predicted molar refractivity (Wildman–Crippen MR) is 74.1 cm³/mol. The number of nitrogens with zero attached hydrogens (tertiary/aromatic N) is 1. The summed E-state index contributed by atoms with van der Waals surface area (Å²) in [6, 6.07) is 10.1. The molecule has 18 heavy (non-hydrogen) atoms. The van der Waals surface area contributed by atoms with Gasteiger partial charge in [-0.1, -0.05) is 19.1 Å². The Morgan fingerprint density at radius 3 is 2.50 bits per heavy atom. The van der Waals surface area contributed by atoms with Crippen molar-refractivity contribution >= 4 is 17.7 Å². The van der Waals surface area contributed by atoms with Crippen LogP contribution in [0, 0.1) is 16.7 Å². The summed E-state index contributed by atoms with van der Waals surface area (Å²) in [5, 5.41) is 11.6. The number of nitrogens with one attached hydrogen (secondary N) is 1. The van der Waals surface area contributed by atoms with Gasteiger partial charge in [0, 0.05) is 11.4 Å². The van der Waals surface area contributed by atoms with Crippen LogP contribution in [0.25, 0.3) is 0 Å². The molecule has 0 aliphatic carbocycles. The van der Waals surface area contributed by atoms with E-state index >= 15 is 0 Å². The fourth-order valence-electron chi connectivity index (χ4n) is 1.32. The van der Waals surface area contributed by atoms with Gasteiger partial charge in [-0.2, -0.15) is 5.26 Å². The molecule has 0 saturated carbocycles. The number of carbonyl (C=O) groups excluding carboxylic acids is 1. The van der Waals surface area contributed by atoms with E-state index in [4.69, 9.17) is 5.26 Å². The van der Waals surface area contributed by atoms with Crippen molar-refractivity contribution in [2.45, 2.75) is 32.2 Å². The lowest BCUT2D eigenvalue weighted by Gasteiger charge is -2.15. The molecule has 1 aromatic rings. The summed E-state index contributed by atoms with van der Waals surface area (Å²) in [7, 11) is 0. The topological polar surface area (TPSA) is 52.9 Å². The van der Waals surface area contributed by atoms with Crippen LogP contribution in [0.1, 0.15) is 26.3 Å². The number of thioether (sulfide) groups is 1. The monoisotopic (exact) mass is 262 g/mol. The number of hydrogen-bond donors (Lipinski definition) is 1. The van der Waals surface area contributed by atoms with Crippen molar-refractivity contribution in [2.75, 3.05) is 5.75 Å². The van der Waals surface area contributed by atoms with Gasteiger partial charge < -0.3 is 5.32 Å². The zero-order chi connectivity index (χ0) is 13.6. The highest BCUT2D eigenvalue weighted by Gasteiger charge is 2.26. The Balaban J connectivity index is 2.54. The molecule has 0 bridgehead atoms. The quantitative estimate of drug-likeness (QED) is 0.830. The molecule has 0 atom stereocenters. The molecule has 0 fully saturated rings. The summed E-state index contributed by atoms with van der Waals surface area (Å²) in [5.41, 5.74) is 0.0652. The van der Waals surface area contributed by atoms with E-state index in [1.165, 1.54) is 4.90 Å². The van der Waals surface area contributed by atoms with E-state index in [0.29, 0.717) is 6.54 Å². The number of nitriles is 1. The maximum absolute atomic E-state index is 11.7. The predicted octanol–water partition coefficient (Wildman–Crippen LogP) is 2.96. The van der Waals surface area contributed by atoms with Crippen molar-refractivity contribution in [3.63, 3.8) is 0 Å². The van der Waals surface area contributed by atoms with Gasteiger partial charge in [0.25, 0.3) is 0 Å². The SMILES string of the molecule is CCSc1ccc(CNC(=O)C(C)(C)C#N)cc1. The number of carbonyl (C=O) groups is 1. The minimum Gasteiger partial charge on any atom is -0.351 e. The second kappa shape index (κ2) is 6.46. The molecule has 1 rings (SSSR count). The molecule has 1 N–H and O–H groups in total. The van der Waals surface area contributed by atoms with Crippen LogP contribution in [0.15, 0.2) is 29.2 Å². The Morgan fingerprint density at radius 1 is 1.39 bits per heavy atom. The van der Waals surface area contributed by atoms with Gasteiger partial charge in [-0.3, -0.25) is 4.79 Å². The summed E-state index contributed by atoms with van der Waals surface area (Å²) >= 11 is 1.79. The van der Waals surface area contributed by atoms with Gasteiger partial charge in [-0.15, -0.1) is 11.8 Å². The average Bonchev–Trinajstić information content (AvgIpc) is 2.38. The first-order valence-corrected chi connectivity index (χ1v) is 6.89. The molecule has 0 aromatic heterocycles. The first kappa shape index (κ1) is 14.6. The molecular weight excluding hydrogens is 244 g/mol. The third-order valence-electron chi connectivity index (χ3n) is 2.53. The minimum atomic E-state index is -0.974. The van der Waals surface area contributed by atoms with E-state index in [2.05, 4.69) is 12.2 Å². The second-order valence-corrected chi connectivity index (χ2v) is 5.83. The van der Waals surface area contributed by atoms with Gasteiger partial charge in [0.05, 0.1) is 6.07 Å². The lowest BCUT2D eigenvalue weighted by molar-refractivity contribution is -0.126. The number of benzene rings is 1. The van der Waals surface area contributed by atoms with E-state index in [9.17, 15) is 4.79 Å². The van der Waals surface area contributed by atoms with E-state index in [0.717, 1.165) is 11.3 Å². The molecule has 0 heterocycles. The minimum absolute atomic E-state index is 0.239. The Morgan fingerprint density at radius 2 is 2.00 bits per heavy atom. The zero-order valence-corrected chi connectivity index (χ0v) is 11.8. The first-order valence-electron chi connectivity index (χ1n) is 5.91. The molecule has 0 radical (unpaired) electrons. The molecule has 0 aliphatic rings. The fourth-order valence-corrected chi connectivity index (χ4v) is 1.99. The van der Waals surface area contributed by atoms with Crippen molar-refractivity contribution in [3.8, 4) is 6.07 Å². The average molecular weight is 262 g/mol. The third kappa shape index (κ3) is 4.08. The van der Waals surface area contributed by atoms with Gasteiger partial charge in [0.1, 0.15) is 5.41 Å². The summed E-state index contributed by atoms with van der Waals surface area (Å²) < 4.78 is 0. The Bertz CT molecular complexity index is 446. The molecule has 0 unspecified atom stereocenters. The van der Waals surface area contributed by atoms with Crippen LogP contribution in [0.2, 0.25) is 0 Å². The van der Waals surface area contributed by atoms with Crippen molar-refractivity contribution in [3.05, 3.63) is 29.8 Å². The number of hydrogen-bond acceptors (Lipinski definition) is 3. The Hall–Kier alpha value is -1.47. The van der Waals surface area contributed by atoms with Gasteiger partial charge in [0.15, 0.2) is 0 Å². The van der Waals surface area contributed by atoms with Crippen LogP contribution in [0.4, 0.5) is 0 Å². The Labute approximate surface area is 113 Å². The van der Waals surface area contributed by atoms with Gasteiger partial charge in [-0.05, 0) is 37.3 Å². The van der Waals surface area contributed by atoms with Gasteiger partial charge in [0.2, 0.25) is 5.91 Å². The van der Waals surface area contributed by atoms with Crippen LogP contribution >= 0.6 is 11.8 Å². The summed E-state index contributed by atoms with van der Waals surface area (Å²) in [6.07, 6.45) is 0. The molecule has 1 amide bonds. The highest BCUT2D eigenvalue weighted by Crippen LogP contribution is 2.18. The maximum Gasteiger partial charge on any atom is 0.240 e. The van der Waals surface area contributed by atoms with Crippen molar-refractivity contribution < 1.29 is 4.79 Å². The van der Waals surface area contributed by atoms with Crippen LogP contribution in [-0.2, 0) is 11.3 Å². The summed E-state index contributed by atoms with van der Waals surface area (Å²) in [4.78, 5) is 12.9. The van der Waals surface area contributed by atoms with Crippen molar-refractivity contribution in [1.82, 2.24) is 5.32 Å².